The van der Waals surface area contributed by atoms with Crippen LogP contribution in [0.15, 0.2) is 16.8 Å². The number of aryl methyl sites for hydroxylation is 1. The van der Waals surface area contributed by atoms with Crippen LogP contribution in [-0.2, 0) is 6.42 Å². The van der Waals surface area contributed by atoms with Crippen LogP contribution in [0.3, 0.4) is 0 Å². The molecule has 1 aromatic rings. The molecule has 80 valence electrons. The maximum Gasteiger partial charge on any atom is 0.0540 e. The third-order valence-electron chi connectivity index (χ3n) is 2.45. The molecule has 14 heavy (non-hydrogen) atoms. The zero-order valence-electron chi connectivity index (χ0n) is 8.91. The van der Waals surface area contributed by atoms with Crippen LogP contribution in [0.1, 0.15) is 44.6 Å². The standard InChI is InChI=1S/C12H20OS/c1-2-5-12(13)7-4-3-6-11-8-9-14-10-11/h8-10,12-13H,2-7H2,1H3. The quantitative estimate of drug-likeness (QED) is 0.684. The fourth-order valence-electron chi connectivity index (χ4n) is 1.62. The summed E-state index contributed by atoms with van der Waals surface area (Å²) in [5, 5.41) is 13.8. The summed E-state index contributed by atoms with van der Waals surface area (Å²) in [6.45, 7) is 2.12. The first-order chi connectivity index (χ1) is 6.83. The van der Waals surface area contributed by atoms with Crippen molar-refractivity contribution < 1.29 is 5.11 Å². The van der Waals surface area contributed by atoms with Crippen molar-refractivity contribution in [2.24, 2.45) is 0 Å². The van der Waals surface area contributed by atoms with Crippen molar-refractivity contribution in [1.29, 1.82) is 0 Å². The number of aliphatic hydroxyl groups is 1. The van der Waals surface area contributed by atoms with E-state index in [0.29, 0.717) is 0 Å². The fourth-order valence-corrected chi connectivity index (χ4v) is 2.32. The summed E-state index contributed by atoms with van der Waals surface area (Å²) in [6, 6.07) is 2.19. The molecule has 0 fully saturated rings. The van der Waals surface area contributed by atoms with Gasteiger partial charge in [0.15, 0.2) is 0 Å². The summed E-state index contributed by atoms with van der Waals surface area (Å²) in [5.41, 5.74) is 1.44. The molecular formula is C12H20OS. The summed E-state index contributed by atoms with van der Waals surface area (Å²) in [5.74, 6) is 0. The second-order valence-electron chi connectivity index (χ2n) is 3.82. The molecule has 1 rings (SSSR count). The summed E-state index contributed by atoms with van der Waals surface area (Å²) in [6.07, 6.45) is 6.47. The molecule has 0 amide bonds. The predicted molar refractivity (Wildman–Crippen MR) is 62.8 cm³/mol. The minimum absolute atomic E-state index is 0.0672. The molecular weight excluding hydrogens is 192 g/mol. The van der Waals surface area contributed by atoms with Gasteiger partial charge in [0.1, 0.15) is 0 Å². The van der Waals surface area contributed by atoms with Crippen molar-refractivity contribution >= 4 is 11.3 Å². The Hall–Kier alpha value is -0.340. The lowest BCUT2D eigenvalue weighted by Gasteiger charge is -2.07. The molecule has 2 heteroatoms. The van der Waals surface area contributed by atoms with Gasteiger partial charge in [-0.05, 0) is 48.1 Å². The Labute approximate surface area is 90.8 Å². The molecule has 0 spiro atoms. The monoisotopic (exact) mass is 212 g/mol. The van der Waals surface area contributed by atoms with E-state index in [1.54, 1.807) is 11.3 Å². The molecule has 0 aliphatic heterocycles. The van der Waals surface area contributed by atoms with E-state index in [4.69, 9.17) is 0 Å². The van der Waals surface area contributed by atoms with Crippen molar-refractivity contribution in [1.82, 2.24) is 0 Å². The van der Waals surface area contributed by atoms with Gasteiger partial charge in [0, 0.05) is 0 Å². The number of unbranched alkanes of at least 4 members (excludes halogenated alkanes) is 1. The zero-order chi connectivity index (χ0) is 10.2. The highest BCUT2D eigenvalue weighted by Crippen LogP contribution is 2.12. The number of aliphatic hydroxyl groups excluding tert-OH is 1. The lowest BCUT2D eigenvalue weighted by Crippen LogP contribution is -2.05. The van der Waals surface area contributed by atoms with Gasteiger partial charge in [0.05, 0.1) is 6.10 Å². The number of hydrogen-bond acceptors (Lipinski definition) is 2. The van der Waals surface area contributed by atoms with E-state index >= 15 is 0 Å². The SMILES string of the molecule is CCCC(O)CCCCc1ccsc1. The van der Waals surface area contributed by atoms with E-state index in [2.05, 4.69) is 23.8 Å². The second kappa shape index (κ2) is 7.02. The Kier molecular flexibility index (Phi) is 5.88. The van der Waals surface area contributed by atoms with Crippen molar-refractivity contribution in [2.75, 3.05) is 0 Å². The molecule has 0 radical (unpaired) electrons. The van der Waals surface area contributed by atoms with Gasteiger partial charge in [0.25, 0.3) is 0 Å². The predicted octanol–water partition coefficient (Wildman–Crippen LogP) is 3.62. The molecule has 0 saturated carbocycles. The van der Waals surface area contributed by atoms with E-state index < -0.39 is 0 Å². The van der Waals surface area contributed by atoms with Gasteiger partial charge < -0.3 is 5.11 Å². The third-order valence-corrected chi connectivity index (χ3v) is 3.19. The lowest BCUT2D eigenvalue weighted by atomic mass is 10.1. The Morgan fingerprint density at radius 1 is 1.36 bits per heavy atom. The largest absolute Gasteiger partial charge is 0.393 e. The molecule has 1 aromatic heterocycles. The molecule has 1 unspecified atom stereocenters. The molecule has 1 atom stereocenters. The fraction of sp³-hybridized carbons (Fsp3) is 0.667. The van der Waals surface area contributed by atoms with Crippen LogP contribution in [0.2, 0.25) is 0 Å². The first-order valence-corrected chi connectivity index (χ1v) is 6.46. The first-order valence-electron chi connectivity index (χ1n) is 5.52. The van der Waals surface area contributed by atoms with Crippen LogP contribution in [-0.4, -0.2) is 11.2 Å². The zero-order valence-corrected chi connectivity index (χ0v) is 9.72. The van der Waals surface area contributed by atoms with E-state index in [-0.39, 0.29) is 6.10 Å². The molecule has 0 bridgehead atoms. The van der Waals surface area contributed by atoms with Gasteiger partial charge >= 0.3 is 0 Å². The normalized spacial score (nSPS) is 13.0. The number of thiophene rings is 1. The third kappa shape index (κ3) is 4.77. The van der Waals surface area contributed by atoms with Crippen LogP contribution in [0.25, 0.3) is 0 Å². The Morgan fingerprint density at radius 3 is 2.86 bits per heavy atom. The Morgan fingerprint density at radius 2 is 2.21 bits per heavy atom. The van der Waals surface area contributed by atoms with Crippen molar-refractivity contribution in [2.45, 2.75) is 51.6 Å². The maximum absolute atomic E-state index is 9.51. The summed E-state index contributed by atoms with van der Waals surface area (Å²) >= 11 is 1.76. The highest BCUT2D eigenvalue weighted by Gasteiger charge is 2.01. The van der Waals surface area contributed by atoms with Gasteiger partial charge in [-0.25, -0.2) is 0 Å². The molecule has 0 aromatic carbocycles. The average molecular weight is 212 g/mol. The van der Waals surface area contributed by atoms with E-state index in [0.717, 1.165) is 25.7 Å². The maximum atomic E-state index is 9.51. The number of hydrogen-bond donors (Lipinski definition) is 1. The summed E-state index contributed by atoms with van der Waals surface area (Å²) < 4.78 is 0. The van der Waals surface area contributed by atoms with Crippen LogP contribution >= 0.6 is 11.3 Å². The summed E-state index contributed by atoms with van der Waals surface area (Å²) in [4.78, 5) is 0. The average Bonchev–Trinajstić information content (AvgIpc) is 2.65. The number of rotatable bonds is 7. The molecule has 0 aliphatic rings. The van der Waals surface area contributed by atoms with E-state index in [1.165, 1.54) is 18.4 Å². The van der Waals surface area contributed by atoms with Crippen molar-refractivity contribution in [3.63, 3.8) is 0 Å². The van der Waals surface area contributed by atoms with Gasteiger partial charge in [-0.1, -0.05) is 19.8 Å². The minimum Gasteiger partial charge on any atom is -0.393 e. The topological polar surface area (TPSA) is 20.2 Å². The lowest BCUT2D eigenvalue weighted by molar-refractivity contribution is 0.150. The highest BCUT2D eigenvalue weighted by atomic mass is 32.1. The first kappa shape index (κ1) is 11.7. The van der Waals surface area contributed by atoms with Gasteiger partial charge in [-0.2, -0.15) is 11.3 Å². The summed E-state index contributed by atoms with van der Waals surface area (Å²) in [7, 11) is 0. The van der Waals surface area contributed by atoms with Crippen LogP contribution in [0.4, 0.5) is 0 Å². The molecule has 0 aliphatic carbocycles. The smallest absolute Gasteiger partial charge is 0.0540 e. The van der Waals surface area contributed by atoms with Crippen LogP contribution in [0, 0.1) is 0 Å². The highest BCUT2D eigenvalue weighted by molar-refractivity contribution is 7.07. The van der Waals surface area contributed by atoms with E-state index in [1.807, 2.05) is 0 Å². The second-order valence-corrected chi connectivity index (χ2v) is 4.60. The minimum atomic E-state index is -0.0672. The van der Waals surface area contributed by atoms with Gasteiger partial charge in [-0.3, -0.25) is 0 Å². The molecule has 1 heterocycles. The molecule has 1 N–H and O–H groups in total. The van der Waals surface area contributed by atoms with Crippen LogP contribution < -0.4 is 0 Å². The Balaban J connectivity index is 1.99. The van der Waals surface area contributed by atoms with Gasteiger partial charge in [-0.15, -0.1) is 0 Å². The van der Waals surface area contributed by atoms with Gasteiger partial charge in [0.2, 0.25) is 0 Å². The molecule has 1 nitrogen and oxygen atoms in total. The molecule has 0 saturated heterocycles. The Bertz CT molecular complexity index is 218. The van der Waals surface area contributed by atoms with Crippen LogP contribution in [0.5, 0.6) is 0 Å². The van der Waals surface area contributed by atoms with Crippen molar-refractivity contribution in [3.05, 3.63) is 22.4 Å². The van der Waals surface area contributed by atoms with Crippen molar-refractivity contribution in [3.8, 4) is 0 Å². The van der Waals surface area contributed by atoms with E-state index in [9.17, 15) is 5.11 Å².